The fraction of sp³-hybridized carbons (Fsp3) is 0.875. The molecule has 40 heavy (non-hydrogen) atoms. The summed E-state index contributed by atoms with van der Waals surface area (Å²) in [6, 6.07) is -0.895. The normalized spacial score (nSPS) is 12.7. The highest BCUT2D eigenvalue weighted by atomic mass is 16.4. The Hall–Kier alpha value is -1.96. The molecule has 0 aliphatic carbocycles. The van der Waals surface area contributed by atoms with Gasteiger partial charge in [-0.15, -0.1) is 0 Å². The number of hydrogen-bond acceptors (Lipinski definition) is 5. The fourth-order valence-electron chi connectivity index (χ4n) is 4.97. The lowest BCUT2D eigenvalue weighted by atomic mass is 9.94. The second kappa shape index (κ2) is 27.2. The number of nitrogens with two attached hydrogens (primary N) is 1. The second-order valence-electron chi connectivity index (χ2n) is 11.5. The van der Waals surface area contributed by atoms with Crippen molar-refractivity contribution in [3.63, 3.8) is 0 Å². The summed E-state index contributed by atoms with van der Waals surface area (Å²) >= 11 is 0. The van der Waals surface area contributed by atoms with Crippen molar-refractivity contribution in [2.24, 2.45) is 11.7 Å². The van der Waals surface area contributed by atoms with E-state index >= 15 is 0 Å². The molecule has 0 aromatic heterocycles. The minimum Gasteiger partial charge on any atom is -0.481 e. The van der Waals surface area contributed by atoms with E-state index in [1.807, 2.05) is 0 Å². The molecular formula is C32H60N2O6. The molecule has 0 aliphatic heterocycles. The Morgan fingerprint density at radius 2 is 1.07 bits per heavy atom. The molecule has 0 saturated heterocycles. The maximum atomic E-state index is 12.3. The Bertz CT molecular complexity index is 670. The molecule has 5 N–H and O–H groups in total. The lowest BCUT2D eigenvalue weighted by Gasteiger charge is -2.12. The number of carboxylic acids is 2. The van der Waals surface area contributed by atoms with Crippen LogP contribution in [0.5, 0.6) is 0 Å². The summed E-state index contributed by atoms with van der Waals surface area (Å²) in [6.07, 6.45) is 23.9. The second-order valence-corrected chi connectivity index (χ2v) is 11.5. The van der Waals surface area contributed by atoms with Crippen LogP contribution in [-0.2, 0) is 19.2 Å². The zero-order valence-corrected chi connectivity index (χ0v) is 25.4. The van der Waals surface area contributed by atoms with Crippen LogP contribution < -0.4 is 11.1 Å². The van der Waals surface area contributed by atoms with Crippen molar-refractivity contribution >= 4 is 23.6 Å². The van der Waals surface area contributed by atoms with Gasteiger partial charge in [0, 0.05) is 25.8 Å². The molecule has 8 nitrogen and oxygen atoms in total. The van der Waals surface area contributed by atoms with Crippen molar-refractivity contribution in [1.82, 2.24) is 5.32 Å². The van der Waals surface area contributed by atoms with E-state index in [-0.39, 0.29) is 31.0 Å². The third-order valence-electron chi connectivity index (χ3n) is 7.68. The number of amides is 1. The van der Waals surface area contributed by atoms with Gasteiger partial charge in [-0.05, 0) is 32.1 Å². The number of carboxylic acid groups (broad SMARTS) is 2. The van der Waals surface area contributed by atoms with Crippen LogP contribution in [0.25, 0.3) is 0 Å². The van der Waals surface area contributed by atoms with Gasteiger partial charge in [0.25, 0.3) is 0 Å². The van der Waals surface area contributed by atoms with E-state index in [2.05, 4.69) is 12.2 Å². The minimum atomic E-state index is -1.04. The standard InChI is InChI=1S/C32H60N2O6/c1-2-3-4-5-6-7-8-9-10-11-12-13-14-15-16-17-18-21-28(35)26-27(31(37)38)23-24-30(36)34-25-20-19-22-29(33)32(39)40/h27,29H,2-26,33H2,1H3,(H,34,36)(H,37,38)(H,39,40)/t27-,29+/m1/s1. The quantitative estimate of drug-likeness (QED) is 0.0672. The topological polar surface area (TPSA) is 147 Å². The lowest BCUT2D eigenvalue weighted by Crippen LogP contribution is -2.30. The number of rotatable bonds is 30. The van der Waals surface area contributed by atoms with Crippen LogP contribution in [0.15, 0.2) is 0 Å². The maximum Gasteiger partial charge on any atom is 0.320 e. The van der Waals surface area contributed by atoms with Gasteiger partial charge in [0.2, 0.25) is 5.91 Å². The van der Waals surface area contributed by atoms with Gasteiger partial charge < -0.3 is 21.3 Å². The van der Waals surface area contributed by atoms with Crippen molar-refractivity contribution in [2.75, 3.05) is 6.54 Å². The molecule has 0 rings (SSSR count). The summed E-state index contributed by atoms with van der Waals surface area (Å²) in [6.45, 7) is 2.65. The molecule has 0 aromatic carbocycles. The Morgan fingerprint density at radius 1 is 0.600 bits per heavy atom. The van der Waals surface area contributed by atoms with Crippen LogP contribution in [0.4, 0.5) is 0 Å². The van der Waals surface area contributed by atoms with Crippen molar-refractivity contribution in [3.05, 3.63) is 0 Å². The van der Waals surface area contributed by atoms with Gasteiger partial charge in [-0.3, -0.25) is 19.2 Å². The van der Waals surface area contributed by atoms with Crippen LogP contribution >= 0.6 is 0 Å². The number of unbranched alkanes of at least 4 members (excludes halogenated alkanes) is 17. The average Bonchev–Trinajstić information content (AvgIpc) is 2.92. The first-order valence-corrected chi connectivity index (χ1v) is 16.3. The number of nitrogens with one attached hydrogen (secondary N) is 1. The smallest absolute Gasteiger partial charge is 0.320 e. The highest BCUT2D eigenvalue weighted by molar-refractivity contribution is 5.84. The molecule has 0 radical (unpaired) electrons. The van der Waals surface area contributed by atoms with Crippen molar-refractivity contribution in [2.45, 2.75) is 167 Å². The largest absolute Gasteiger partial charge is 0.481 e. The van der Waals surface area contributed by atoms with Gasteiger partial charge in [-0.25, -0.2) is 0 Å². The van der Waals surface area contributed by atoms with E-state index in [0.29, 0.717) is 32.2 Å². The van der Waals surface area contributed by atoms with Gasteiger partial charge in [0.1, 0.15) is 11.8 Å². The predicted octanol–water partition coefficient (Wildman–Crippen LogP) is 7.17. The predicted molar refractivity (Wildman–Crippen MR) is 161 cm³/mol. The third-order valence-corrected chi connectivity index (χ3v) is 7.68. The molecule has 0 aliphatic rings. The first-order valence-electron chi connectivity index (χ1n) is 16.3. The summed E-state index contributed by atoms with van der Waals surface area (Å²) in [4.78, 5) is 46.5. The van der Waals surface area contributed by atoms with Crippen molar-refractivity contribution in [3.8, 4) is 0 Å². The van der Waals surface area contributed by atoms with Crippen LogP contribution in [0.2, 0.25) is 0 Å². The SMILES string of the molecule is CCCCCCCCCCCCCCCCCCCC(=O)C[C@@H](CCC(=O)NCCCC[C@H](N)C(=O)O)C(=O)O. The van der Waals surface area contributed by atoms with E-state index in [1.54, 1.807) is 0 Å². The summed E-state index contributed by atoms with van der Waals surface area (Å²) < 4.78 is 0. The van der Waals surface area contributed by atoms with Crippen LogP contribution in [0.3, 0.4) is 0 Å². The zero-order valence-electron chi connectivity index (χ0n) is 25.4. The van der Waals surface area contributed by atoms with Crippen LogP contribution in [0, 0.1) is 5.92 Å². The molecule has 0 heterocycles. The van der Waals surface area contributed by atoms with Crippen molar-refractivity contribution < 1.29 is 29.4 Å². The van der Waals surface area contributed by atoms with Gasteiger partial charge in [0.05, 0.1) is 5.92 Å². The number of carbonyl (C=O) groups excluding carboxylic acids is 2. The summed E-state index contributed by atoms with van der Waals surface area (Å²) in [7, 11) is 0. The van der Waals surface area contributed by atoms with Crippen LogP contribution in [0.1, 0.15) is 161 Å². The van der Waals surface area contributed by atoms with E-state index < -0.39 is 23.9 Å². The molecule has 0 fully saturated rings. The van der Waals surface area contributed by atoms with E-state index in [4.69, 9.17) is 10.8 Å². The monoisotopic (exact) mass is 568 g/mol. The Labute approximate surface area is 243 Å². The van der Waals surface area contributed by atoms with E-state index in [0.717, 1.165) is 19.3 Å². The Morgan fingerprint density at radius 3 is 1.52 bits per heavy atom. The molecule has 234 valence electrons. The minimum absolute atomic E-state index is 0.0193. The molecule has 0 aromatic rings. The molecule has 0 spiro atoms. The lowest BCUT2D eigenvalue weighted by molar-refractivity contribution is -0.144. The number of ketones is 1. The molecule has 8 heteroatoms. The maximum absolute atomic E-state index is 12.3. The number of Topliss-reactive ketones (excluding diaryl/α,β-unsaturated/α-hetero) is 1. The molecule has 0 unspecified atom stereocenters. The first-order chi connectivity index (χ1) is 19.3. The van der Waals surface area contributed by atoms with E-state index in [1.165, 1.54) is 89.9 Å². The first kappa shape index (κ1) is 38.0. The highest BCUT2D eigenvalue weighted by Crippen LogP contribution is 2.17. The van der Waals surface area contributed by atoms with E-state index in [9.17, 15) is 24.3 Å². The van der Waals surface area contributed by atoms with Gasteiger partial charge in [-0.1, -0.05) is 110 Å². The Kier molecular flexibility index (Phi) is 25.9. The van der Waals surface area contributed by atoms with Crippen molar-refractivity contribution in [1.29, 1.82) is 0 Å². The summed E-state index contributed by atoms with van der Waals surface area (Å²) in [5, 5.41) is 20.9. The third kappa shape index (κ3) is 25.0. The molecule has 0 bridgehead atoms. The van der Waals surface area contributed by atoms with Gasteiger partial charge in [0.15, 0.2) is 0 Å². The fourth-order valence-corrected chi connectivity index (χ4v) is 4.97. The van der Waals surface area contributed by atoms with Gasteiger partial charge in [-0.2, -0.15) is 0 Å². The molecule has 2 atom stereocenters. The number of hydrogen-bond donors (Lipinski definition) is 4. The summed E-state index contributed by atoms with van der Waals surface area (Å²) in [5.41, 5.74) is 5.44. The summed E-state index contributed by atoms with van der Waals surface area (Å²) in [5.74, 6) is -3.20. The van der Waals surface area contributed by atoms with Crippen LogP contribution in [-0.4, -0.2) is 46.4 Å². The average molecular weight is 569 g/mol. The molecule has 0 saturated carbocycles. The number of carbonyl (C=O) groups is 4. The Balaban J connectivity index is 3.68. The number of aliphatic carboxylic acids is 2. The zero-order chi connectivity index (χ0) is 29.8. The highest BCUT2D eigenvalue weighted by Gasteiger charge is 2.22. The van der Waals surface area contributed by atoms with Gasteiger partial charge >= 0.3 is 11.9 Å². The molecule has 1 amide bonds. The molecular weight excluding hydrogens is 508 g/mol.